The molecule has 0 bridgehead atoms. The first-order valence-corrected chi connectivity index (χ1v) is 5.92. The zero-order valence-corrected chi connectivity index (χ0v) is 10.3. The Morgan fingerprint density at radius 3 is 2.44 bits per heavy atom. The van der Waals surface area contributed by atoms with Crippen molar-refractivity contribution in [1.82, 2.24) is 5.32 Å². The standard InChI is InChI=1S/C13H16BNO.2H2O/c14-11-6-4-5-10(9-11)13(16)15-12-7-2-1-3-8-12;;/h4-6,9,12H,1-3,7-8H2,(H,15,16);2*1H2/q+2;;/p-2. The van der Waals surface area contributed by atoms with E-state index in [4.69, 9.17) is 7.85 Å². The molecule has 4 nitrogen and oxygen atoms in total. The molecule has 5 heteroatoms. The molecule has 0 aliphatic heterocycles. The second-order valence-corrected chi connectivity index (χ2v) is 4.43. The first-order chi connectivity index (χ1) is 7.75. The van der Waals surface area contributed by atoms with Gasteiger partial charge in [0.15, 0.2) is 0 Å². The molecule has 0 spiro atoms. The number of carbonyl (C=O) groups is 1. The van der Waals surface area contributed by atoms with Gasteiger partial charge < -0.3 is 11.0 Å². The van der Waals surface area contributed by atoms with Crippen LogP contribution in [0.3, 0.4) is 0 Å². The molecule has 1 saturated carbocycles. The molecule has 0 atom stereocenters. The summed E-state index contributed by atoms with van der Waals surface area (Å²) in [5.41, 5.74) is 1.29. The normalized spacial score (nSPS) is 15.2. The fraction of sp³-hybridized carbons (Fsp3) is 0.462. The summed E-state index contributed by atoms with van der Waals surface area (Å²) in [6.07, 6.45) is 5.95. The maximum atomic E-state index is 11.9. The Morgan fingerprint density at radius 1 is 1.17 bits per heavy atom. The van der Waals surface area contributed by atoms with Gasteiger partial charge >= 0.3 is 97.3 Å². The third kappa shape index (κ3) is 4.51. The van der Waals surface area contributed by atoms with Gasteiger partial charge in [-0.1, -0.05) is 0 Å². The van der Waals surface area contributed by atoms with Crippen molar-refractivity contribution in [2.24, 2.45) is 0 Å². The van der Waals surface area contributed by atoms with Crippen molar-refractivity contribution < 1.29 is 15.7 Å². The van der Waals surface area contributed by atoms with Gasteiger partial charge in [-0.2, -0.15) is 0 Å². The molecule has 1 fully saturated rings. The summed E-state index contributed by atoms with van der Waals surface area (Å²) in [6, 6.07) is 7.47. The van der Waals surface area contributed by atoms with Gasteiger partial charge in [0.2, 0.25) is 0 Å². The first kappa shape index (κ1) is 16.7. The summed E-state index contributed by atoms with van der Waals surface area (Å²) in [5.74, 6) is -0.000741. The van der Waals surface area contributed by atoms with Crippen LogP contribution in [0, 0.1) is 0 Å². The van der Waals surface area contributed by atoms with Crippen LogP contribution in [-0.2, 0) is 0 Å². The Labute approximate surface area is 109 Å². The van der Waals surface area contributed by atoms with Crippen LogP contribution in [0.1, 0.15) is 42.5 Å². The number of carbonyl (C=O) groups excluding carboxylic acids is 1. The van der Waals surface area contributed by atoms with E-state index in [2.05, 4.69) is 5.32 Å². The molecule has 1 amide bonds. The molecule has 2 rings (SSSR count). The molecule has 0 radical (unpaired) electrons. The van der Waals surface area contributed by atoms with Crippen molar-refractivity contribution in [1.29, 1.82) is 0 Å². The number of amides is 1. The van der Waals surface area contributed by atoms with Crippen molar-refractivity contribution in [3.8, 4) is 0 Å². The van der Waals surface area contributed by atoms with E-state index in [-0.39, 0.29) is 16.9 Å². The molecular formula is C13H18BNO3. The van der Waals surface area contributed by atoms with E-state index in [1.54, 1.807) is 18.2 Å². The Bertz CT molecular complexity index is 378. The first-order valence-electron chi connectivity index (χ1n) is 5.92. The summed E-state index contributed by atoms with van der Waals surface area (Å²) in [5, 5.41) is 3.07. The minimum atomic E-state index is -0.000741. The molecule has 0 saturated heterocycles. The van der Waals surface area contributed by atoms with Gasteiger partial charge in [0.05, 0.1) is 0 Å². The number of benzene rings is 1. The Hall–Kier alpha value is -1.33. The van der Waals surface area contributed by atoms with Crippen LogP contribution in [0.5, 0.6) is 0 Å². The quantitative estimate of drug-likeness (QED) is 0.796. The molecular weight excluding hydrogens is 229 g/mol. The summed E-state index contributed by atoms with van der Waals surface area (Å²) in [4.78, 5) is 11.9. The van der Waals surface area contributed by atoms with Gasteiger partial charge in [0.1, 0.15) is 0 Å². The number of nitrogens with one attached hydrogen (secondary N) is 1. The van der Waals surface area contributed by atoms with Crippen molar-refractivity contribution in [3.05, 3.63) is 29.8 Å². The van der Waals surface area contributed by atoms with Crippen molar-refractivity contribution in [2.45, 2.75) is 38.1 Å². The minimum Gasteiger partial charge on any atom is -0.870 e. The van der Waals surface area contributed by atoms with Gasteiger partial charge in [-0.05, 0) is 0 Å². The Morgan fingerprint density at radius 2 is 1.83 bits per heavy atom. The third-order valence-electron chi connectivity index (χ3n) is 3.09. The monoisotopic (exact) mass is 247 g/mol. The summed E-state index contributed by atoms with van der Waals surface area (Å²) >= 11 is 0. The summed E-state index contributed by atoms with van der Waals surface area (Å²) in [7, 11) is 5.65. The molecule has 0 heterocycles. The summed E-state index contributed by atoms with van der Waals surface area (Å²) < 4.78 is 0. The molecule has 1 aliphatic rings. The molecule has 96 valence electrons. The topological polar surface area (TPSA) is 89.1 Å². The molecule has 0 unspecified atom stereocenters. The van der Waals surface area contributed by atoms with Gasteiger partial charge in [-0.15, -0.1) is 0 Å². The number of hydrogen-bond donors (Lipinski definition) is 1. The van der Waals surface area contributed by atoms with Crippen molar-refractivity contribution in [3.63, 3.8) is 0 Å². The minimum absolute atomic E-state index is 0. The SMILES string of the molecule is [B+2]c1cccc(C(=O)NC2CCCCC2)c1.[OH-].[OH-]. The van der Waals surface area contributed by atoms with Crippen molar-refractivity contribution in [2.75, 3.05) is 0 Å². The smallest absolute Gasteiger partial charge is 0.870 e. The molecule has 18 heavy (non-hydrogen) atoms. The van der Waals surface area contributed by atoms with Crippen LogP contribution < -0.4 is 10.8 Å². The van der Waals surface area contributed by atoms with Crippen LogP contribution in [0.15, 0.2) is 24.3 Å². The van der Waals surface area contributed by atoms with E-state index in [1.165, 1.54) is 19.3 Å². The van der Waals surface area contributed by atoms with E-state index in [1.807, 2.05) is 6.07 Å². The predicted octanol–water partition coefficient (Wildman–Crippen LogP) is 1.19. The fourth-order valence-corrected chi connectivity index (χ4v) is 2.20. The molecule has 1 aromatic carbocycles. The van der Waals surface area contributed by atoms with Crippen LogP contribution >= 0.6 is 0 Å². The average molecular weight is 247 g/mol. The van der Waals surface area contributed by atoms with Gasteiger partial charge in [0.25, 0.3) is 0 Å². The van der Waals surface area contributed by atoms with Gasteiger partial charge in [-0.3, -0.25) is 0 Å². The predicted molar refractivity (Wildman–Crippen MR) is 70.0 cm³/mol. The Kier molecular flexibility index (Phi) is 7.32. The number of hydrogen-bond acceptors (Lipinski definition) is 3. The average Bonchev–Trinajstić information content (AvgIpc) is 2.30. The van der Waals surface area contributed by atoms with Crippen LogP contribution in [-0.4, -0.2) is 30.7 Å². The maximum Gasteiger partial charge on any atom is -0.870 e. The molecule has 1 aromatic rings. The van der Waals surface area contributed by atoms with E-state index < -0.39 is 0 Å². The fourth-order valence-electron chi connectivity index (χ4n) is 2.20. The van der Waals surface area contributed by atoms with Crippen LogP contribution in [0.4, 0.5) is 0 Å². The second kappa shape index (κ2) is 7.90. The van der Waals surface area contributed by atoms with Crippen LogP contribution in [0.25, 0.3) is 0 Å². The molecule has 0 aromatic heterocycles. The van der Waals surface area contributed by atoms with E-state index in [0.29, 0.717) is 17.1 Å². The van der Waals surface area contributed by atoms with Gasteiger partial charge in [-0.25, -0.2) is 0 Å². The Balaban J connectivity index is 0.00000144. The second-order valence-electron chi connectivity index (χ2n) is 4.43. The van der Waals surface area contributed by atoms with E-state index in [0.717, 1.165) is 12.8 Å². The maximum absolute atomic E-state index is 11.9. The van der Waals surface area contributed by atoms with Gasteiger partial charge in [0, 0.05) is 0 Å². The molecule has 1 aliphatic carbocycles. The summed E-state index contributed by atoms with van der Waals surface area (Å²) in [6.45, 7) is 0. The third-order valence-corrected chi connectivity index (χ3v) is 3.09. The van der Waals surface area contributed by atoms with E-state index >= 15 is 0 Å². The zero-order chi connectivity index (χ0) is 11.4. The zero-order valence-electron chi connectivity index (χ0n) is 10.3. The molecule has 3 N–H and O–H groups in total. The largest absolute Gasteiger partial charge is 0.870 e. The van der Waals surface area contributed by atoms with Crippen molar-refractivity contribution >= 4 is 19.2 Å². The number of rotatable bonds is 2. The van der Waals surface area contributed by atoms with E-state index in [9.17, 15) is 4.79 Å². The van der Waals surface area contributed by atoms with Crippen LogP contribution in [0.2, 0.25) is 0 Å².